The summed E-state index contributed by atoms with van der Waals surface area (Å²) < 4.78 is 0. The summed E-state index contributed by atoms with van der Waals surface area (Å²) in [5.74, 6) is -0.113. The molecule has 0 radical (unpaired) electrons. The molecule has 0 aromatic carbocycles. The van der Waals surface area contributed by atoms with Gasteiger partial charge >= 0.3 is 0 Å². The van der Waals surface area contributed by atoms with Crippen LogP contribution in [0.4, 0.5) is 0 Å². The Kier molecular flexibility index (Phi) is 4.89. The minimum atomic E-state index is -0.230. The Balaban J connectivity index is 2.44. The second kappa shape index (κ2) is 5.97. The van der Waals surface area contributed by atoms with Gasteiger partial charge in [0.2, 0.25) is 11.8 Å². The van der Waals surface area contributed by atoms with Crippen LogP contribution in [-0.2, 0) is 9.59 Å². The minimum absolute atomic E-state index is 0.0420. The molecule has 0 aromatic rings. The van der Waals surface area contributed by atoms with Crippen LogP contribution in [0.15, 0.2) is 0 Å². The second-order valence-electron chi connectivity index (χ2n) is 4.75. The zero-order valence-corrected chi connectivity index (χ0v) is 11.0. The normalized spacial score (nSPS) is 24.2. The molecule has 6 nitrogen and oxygen atoms in total. The van der Waals surface area contributed by atoms with E-state index in [1.165, 1.54) is 9.80 Å². The molecular weight excluding hydrogens is 220 g/mol. The molecule has 6 heteroatoms. The summed E-state index contributed by atoms with van der Waals surface area (Å²) in [4.78, 5) is 26.5. The molecule has 2 amide bonds. The van der Waals surface area contributed by atoms with E-state index in [9.17, 15) is 9.59 Å². The predicted octanol–water partition coefficient (Wildman–Crippen LogP) is -1.52. The van der Waals surface area contributed by atoms with E-state index in [1.807, 2.05) is 0 Å². The molecule has 98 valence electrons. The van der Waals surface area contributed by atoms with Gasteiger partial charge in [-0.05, 0) is 6.92 Å². The van der Waals surface area contributed by atoms with E-state index in [1.54, 1.807) is 21.1 Å². The van der Waals surface area contributed by atoms with Crippen molar-refractivity contribution in [2.45, 2.75) is 19.0 Å². The monoisotopic (exact) mass is 242 g/mol. The van der Waals surface area contributed by atoms with Gasteiger partial charge in [-0.25, -0.2) is 0 Å². The van der Waals surface area contributed by atoms with Gasteiger partial charge in [-0.1, -0.05) is 0 Å². The van der Waals surface area contributed by atoms with Crippen molar-refractivity contribution in [3.8, 4) is 0 Å². The molecule has 1 saturated heterocycles. The van der Waals surface area contributed by atoms with Crippen LogP contribution < -0.4 is 10.6 Å². The van der Waals surface area contributed by atoms with Gasteiger partial charge < -0.3 is 20.4 Å². The Bertz CT molecular complexity index is 285. The fourth-order valence-electron chi connectivity index (χ4n) is 1.65. The van der Waals surface area contributed by atoms with E-state index < -0.39 is 0 Å². The molecule has 0 saturated carbocycles. The lowest BCUT2D eigenvalue weighted by Crippen LogP contribution is -2.59. The van der Waals surface area contributed by atoms with Gasteiger partial charge in [-0.2, -0.15) is 0 Å². The first-order chi connectivity index (χ1) is 7.91. The number of nitrogens with zero attached hydrogens (tertiary/aromatic N) is 2. The van der Waals surface area contributed by atoms with Crippen LogP contribution in [-0.4, -0.2) is 74.5 Å². The highest BCUT2D eigenvalue weighted by molar-refractivity contribution is 5.87. The largest absolute Gasteiger partial charge is 0.347 e. The summed E-state index contributed by atoms with van der Waals surface area (Å²) in [6.07, 6.45) is 0. The first kappa shape index (κ1) is 13.9. The summed E-state index contributed by atoms with van der Waals surface area (Å²) in [5, 5.41) is 6.41. The number of likely N-dealkylation sites (N-methyl/N-ethyl adjacent to an activating group) is 2. The fourth-order valence-corrected chi connectivity index (χ4v) is 1.65. The molecular formula is C11H22N4O2. The summed E-state index contributed by atoms with van der Waals surface area (Å²) in [5.41, 5.74) is 0. The zero-order valence-electron chi connectivity index (χ0n) is 11.0. The van der Waals surface area contributed by atoms with Gasteiger partial charge in [0.25, 0.3) is 0 Å². The van der Waals surface area contributed by atoms with Gasteiger partial charge in [-0.15, -0.1) is 0 Å². The van der Waals surface area contributed by atoms with Crippen LogP contribution >= 0.6 is 0 Å². The number of nitrogens with one attached hydrogen (secondary N) is 2. The van der Waals surface area contributed by atoms with Crippen LogP contribution in [0, 0.1) is 0 Å². The molecule has 2 N–H and O–H groups in total. The van der Waals surface area contributed by atoms with E-state index >= 15 is 0 Å². The van der Waals surface area contributed by atoms with Gasteiger partial charge in [-0.3, -0.25) is 9.59 Å². The van der Waals surface area contributed by atoms with Crippen molar-refractivity contribution in [1.82, 2.24) is 20.4 Å². The molecule has 0 bridgehead atoms. The number of carbonyl (C=O) groups excluding carboxylic acids is 2. The second-order valence-corrected chi connectivity index (χ2v) is 4.75. The lowest BCUT2D eigenvalue weighted by Gasteiger charge is -2.31. The van der Waals surface area contributed by atoms with E-state index in [0.717, 1.165) is 6.54 Å². The first-order valence-electron chi connectivity index (χ1n) is 5.83. The number of carbonyl (C=O) groups is 2. The Hall–Kier alpha value is -1.14. The molecule has 2 unspecified atom stereocenters. The molecule has 1 aliphatic heterocycles. The predicted molar refractivity (Wildman–Crippen MR) is 65.6 cm³/mol. The summed E-state index contributed by atoms with van der Waals surface area (Å²) in [7, 11) is 5.02. The Morgan fingerprint density at radius 3 is 2.29 bits per heavy atom. The van der Waals surface area contributed by atoms with Crippen molar-refractivity contribution in [3.63, 3.8) is 0 Å². The lowest BCUT2D eigenvalue weighted by molar-refractivity contribution is -0.139. The van der Waals surface area contributed by atoms with E-state index in [-0.39, 0.29) is 24.4 Å². The quantitative estimate of drug-likeness (QED) is 0.631. The fraction of sp³-hybridized carbons (Fsp3) is 0.818. The molecule has 17 heavy (non-hydrogen) atoms. The highest BCUT2D eigenvalue weighted by Crippen LogP contribution is 1.98. The maximum atomic E-state index is 12.0. The van der Waals surface area contributed by atoms with E-state index in [4.69, 9.17) is 0 Å². The van der Waals surface area contributed by atoms with Crippen LogP contribution in [0.3, 0.4) is 0 Å². The third kappa shape index (κ3) is 3.98. The van der Waals surface area contributed by atoms with E-state index in [2.05, 4.69) is 17.6 Å². The van der Waals surface area contributed by atoms with Gasteiger partial charge in [0.15, 0.2) is 0 Å². The lowest BCUT2D eigenvalue weighted by atomic mass is 10.1. The summed E-state index contributed by atoms with van der Waals surface area (Å²) in [6.45, 7) is 3.57. The van der Waals surface area contributed by atoms with Gasteiger partial charge in [0.1, 0.15) is 0 Å². The maximum absolute atomic E-state index is 12.0. The highest BCUT2D eigenvalue weighted by atomic mass is 16.2. The average molecular weight is 242 g/mol. The zero-order chi connectivity index (χ0) is 13.0. The molecule has 2 atom stereocenters. The van der Waals surface area contributed by atoms with Crippen molar-refractivity contribution in [2.75, 3.05) is 40.8 Å². The van der Waals surface area contributed by atoms with Crippen molar-refractivity contribution in [2.24, 2.45) is 0 Å². The standard InChI is InChI=1S/C11H22N4O2/c1-8-5-13-9(6-12-8)11(17)15(4)7-10(16)14(2)3/h8-9,12-13H,5-7H2,1-4H3. The van der Waals surface area contributed by atoms with E-state index in [0.29, 0.717) is 12.6 Å². The number of rotatable bonds is 3. The smallest absolute Gasteiger partial charge is 0.241 e. The van der Waals surface area contributed by atoms with Crippen LogP contribution in [0.1, 0.15) is 6.92 Å². The van der Waals surface area contributed by atoms with Crippen LogP contribution in [0.5, 0.6) is 0 Å². The number of amides is 2. The van der Waals surface area contributed by atoms with Gasteiger partial charge in [0.05, 0.1) is 12.6 Å². The third-order valence-corrected chi connectivity index (χ3v) is 2.89. The molecule has 0 aromatic heterocycles. The van der Waals surface area contributed by atoms with Crippen molar-refractivity contribution in [3.05, 3.63) is 0 Å². The molecule has 0 aliphatic carbocycles. The number of piperazine rings is 1. The highest BCUT2D eigenvalue weighted by Gasteiger charge is 2.26. The average Bonchev–Trinajstić information content (AvgIpc) is 2.28. The molecule has 0 spiro atoms. The van der Waals surface area contributed by atoms with Gasteiger partial charge in [0, 0.05) is 40.3 Å². The number of hydrogen-bond donors (Lipinski definition) is 2. The molecule has 1 fully saturated rings. The van der Waals surface area contributed by atoms with Crippen molar-refractivity contribution >= 4 is 11.8 Å². The Morgan fingerprint density at radius 2 is 1.82 bits per heavy atom. The first-order valence-corrected chi connectivity index (χ1v) is 5.83. The Morgan fingerprint density at radius 1 is 1.18 bits per heavy atom. The third-order valence-electron chi connectivity index (χ3n) is 2.89. The van der Waals surface area contributed by atoms with Crippen molar-refractivity contribution < 1.29 is 9.59 Å². The number of hydrogen-bond acceptors (Lipinski definition) is 4. The molecule has 1 aliphatic rings. The SMILES string of the molecule is CC1CNC(C(=O)N(C)CC(=O)N(C)C)CN1. The van der Waals surface area contributed by atoms with Crippen LogP contribution in [0.2, 0.25) is 0 Å². The molecule has 1 rings (SSSR count). The minimum Gasteiger partial charge on any atom is -0.347 e. The molecule has 1 heterocycles. The Labute approximate surface area is 102 Å². The maximum Gasteiger partial charge on any atom is 0.241 e. The summed E-state index contributed by atoms with van der Waals surface area (Å²) >= 11 is 0. The van der Waals surface area contributed by atoms with Crippen LogP contribution in [0.25, 0.3) is 0 Å². The topological polar surface area (TPSA) is 64.7 Å². The summed E-state index contributed by atoms with van der Waals surface area (Å²) in [6, 6.07) is 0.152. The van der Waals surface area contributed by atoms with Crippen molar-refractivity contribution in [1.29, 1.82) is 0 Å².